The lowest BCUT2D eigenvalue weighted by atomic mass is 10.1. The van der Waals surface area contributed by atoms with E-state index in [-0.39, 0.29) is 12.0 Å². The summed E-state index contributed by atoms with van der Waals surface area (Å²) in [5.41, 5.74) is 1.67. The van der Waals surface area contributed by atoms with E-state index in [0.29, 0.717) is 26.2 Å². The lowest BCUT2D eigenvalue weighted by Crippen LogP contribution is -2.51. The number of hydrogen-bond acceptors (Lipinski definition) is 4. The van der Waals surface area contributed by atoms with Crippen LogP contribution >= 0.6 is 0 Å². The Labute approximate surface area is 154 Å². The predicted molar refractivity (Wildman–Crippen MR) is 99.1 cm³/mol. The first-order chi connectivity index (χ1) is 12.3. The summed E-state index contributed by atoms with van der Waals surface area (Å²) >= 11 is 0. The van der Waals surface area contributed by atoms with E-state index < -0.39 is 5.60 Å². The van der Waals surface area contributed by atoms with Gasteiger partial charge >= 0.3 is 6.09 Å². The molecule has 6 heteroatoms. The van der Waals surface area contributed by atoms with E-state index >= 15 is 0 Å². The van der Waals surface area contributed by atoms with E-state index in [2.05, 4.69) is 6.07 Å². The number of nitrogens with zero attached hydrogens (tertiary/aromatic N) is 2. The topological polar surface area (TPSA) is 59.1 Å². The summed E-state index contributed by atoms with van der Waals surface area (Å²) in [6.45, 7) is 8.28. The standard InChI is InChI=1S/C20H26N2O4/c1-20(2,3)26-19(24)22-11-9-21(10-12-22)18(23)7-5-15-4-6-17-16(14-15)8-13-25-17/h4-7,14H,8-13H2,1-3H3/b7-5+. The molecule has 0 aliphatic carbocycles. The molecule has 26 heavy (non-hydrogen) atoms. The van der Waals surface area contributed by atoms with Gasteiger partial charge in [-0.2, -0.15) is 0 Å². The maximum atomic E-state index is 12.4. The van der Waals surface area contributed by atoms with Crippen molar-refractivity contribution in [2.75, 3.05) is 32.8 Å². The lowest BCUT2D eigenvalue weighted by Gasteiger charge is -2.35. The number of ether oxygens (including phenoxy) is 2. The average Bonchev–Trinajstić information content (AvgIpc) is 3.06. The van der Waals surface area contributed by atoms with E-state index in [0.717, 1.165) is 24.3 Å². The first-order valence-corrected chi connectivity index (χ1v) is 9.02. The van der Waals surface area contributed by atoms with Crippen molar-refractivity contribution in [3.8, 4) is 5.75 Å². The number of carbonyl (C=O) groups is 2. The molecule has 0 N–H and O–H groups in total. The van der Waals surface area contributed by atoms with Crippen molar-refractivity contribution in [3.63, 3.8) is 0 Å². The first kappa shape index (κ1) is 18.3. The zero-order valence-electron chi connectivity index (χ0n) is 15.7. The van der Waals surface area contributed by atoms with E-state index in [1.54, 1.807) is 15.9 Å². The molecule has 1 aromatic carbocycles. The minimum Gasteiger partial charge on any atom is -0.493 e. The SMILES string of the molecule is CC(C)(C)OC(=O)N1CCN(C(=O)/C=C/c2ccc3c(c2)CCO3)CC1. The zero-order valence-corrected chi connectivity index (χ0v) is 15.7. The molecule has 0 bridgehead atoms. The van der Waals surface area contributed by atoms with Crippen LogP contribution in [0.1, 0.15) is 31.9 Å². The Morgan fingerprint density at radius 3 is 2.50 bits per heavy atom. The molecule has 2 heterocycles. The maximum absolute atomic E-state index is 12.4. The summed E-state index contributed by atoms with van der Waals surface area (Å²) in [5.74, 6) is 0.900. The highest BCUT2D eigenvalue weighted by Crippen LogP contribution is 2.26. The summed E-state index contributed by atoms with van der Waals surface area (Å²) in [6.07, 6.45) is 4.03. The van der Waals surface area contributed by atoms with Gasteiger partial charge in [-0.15, -0.1) is 0 Å². The quantitative estimate of drug-likeness (QED) is 0.763. The number of rotatable bonds is 2. The molecule has 140 valence electrons. The second-order valence-corrected chi connectivity index (χ2v) is 7.59. The fourth-order valence-corrected chi connectivity index (χ4v) is 3.02. The Morgan fingerprint density at radius 1 is 1.12 bits per heavy atom. The van der Waals surface area contributed by atoms with E-state index in [4.69, 9.17) is 9.47 Å². The lowest BCUT2D eigenvalue weighted by molar-refractivity contribution is -0.127. The third-order valence-electron chi connectivity index (χ3n) is 4.37. The Morgan fingerprint density at radius 2 is 1.81 bits per heavy atom. The van der Waals surface area contributed by atoms with Gasteiger partial charge in [0.2, 0.25) is 5.91 Å². The maximum Gasteiger partial charge on any atom is 0.410 e. The minimum absolute atomic E-state index is 0.0365. The van der Waals surface area contributed by atoms with Crippen molar-refractivity contribution in [1.29, 1.82) is 0 Å². The van der Waals surface area contributed by atoms with Gasteiger partial charge in [-0.3, -0.25) is 4.79 Å². The second kappa shape index (κ2) is 7.40. The molecule has 0 unspecified atom stereocenters. The van der Waals surface area contributed by atoms with Crippen LogP contribution in [0.2, 0.25) is 0 Å². The van der Waals surface area contributed by atoms with Crippen molar-refractivity contribution in [3.05, 3.63) is 35.4 Å². The van der Waals surface area contributed by atoms with E-state index in [9.17, 15) is 9.59 Å². The third-order valence-corrected chi connectivity index (χ3v) is 4.37. The third kappa shape index (κ3) is 4.56. The normalized spacial score (nSPS) is 17.2. The largest absolute Gasteiger partial charge is 0.493 e. The number of fused-ring (bicyclic) bond motifs is 1. The number of amides is 2. The van der Waals surface area contributed by atoms with Crippen molar-refractivity contribution >= 4 is 18.1 Å². The molecular formula is C20H26N2O4. The Bertz CT molecular complexity index is 713. The smallest absolute Gasteiger partial charge is 0.410 e. The van der Waals surface area contributed by atoms with Crippen LogP contribution in [0, 0.1) is 0 Å². The fourth-order valence-electron chi connectivity index (χ4n) is 3.02. The van der Waals surface area contributed by atoms with Crippen LogP contribution in [0.4, 0.5) is 4.79 Å². The predicted octanol–water partition coefficient (Wildman–Crippen LogP) is 2.71. The molecule has 0 radical (unpaired) electrons. The molecule has 2 aliphatic heterocycles. The summed E-state index contributed by atoms with van der Waals surface area (Å²) in [7, 11) is 0. The van der Waals surface area contributed by atoms with Gasteiger partial charge in [0.25, 0.3) is 0 Å². The fraction of sp³-hybridized carbons (Fsp3) is 0.500. The molecule has 0 saturated carbocycles. The van der Waals surface area contributed by atoms with Crippen LogP contribution in [-0.4, -0.2) is 60.2 Å². The highest BCUT2D eigenvalue weighted by atomic mass is 16.6. The summed E-state index contributed by atoms with van der Waals surface area (Å²) in [5, 5.41) is 0. The van der Waals surface area contributed by atoms with Gasteiger partial charge in [-0.1, -0.05) is 6.07 Å². The molecule has 1 saturated heterocycles. The molecule has 1 fully saturated rings. The van der Waals surface area contributed by atoms with Gasteiger partial charge in [0.1, 0.15) is 11.4 Å². The van der Waals surface area contributed by atoms with Crippen LogP contribution < -0.4 is 4.74 Å². The second-order valence-electron chi connectivity index (χ2n) is 7.59. The molecule has 6 nitrogen and oxygen atoms in total. The molecule has 2 aliphatic rings. The van der Waals surface area contributed by atoms with E-state index in [1.807, 2.05) is 39.0 Å². The number of benzene rings is 1. The Hall–Kier alpha value is -2.50. The van der Waals surface area contributed by atoms with E-state index in [1.165, 1.54) is 5.56 Å². The van der Waals surface area contributed by atoms with Gasteiger partial charge in [-0.25, -0.2) is 4.79 Å². The first-order valence-electron chi connectivity index (χ1n) is 9.02. The van der Waals surface area contributed by atoms with Crippen LogP contribution in [0.25, 0.3) is 6.08 Å². The van der Waals surface area contributed by atoms with Gasteiger partial charge in [0.05, 0.1) is 6.61 Å². The number of carbonyl (C=O) groups excluding carboxylic acids is 2. The van der Waals surface area contributed by atoms with Crippen molar-refractivity contribution in [2.24, 2.45) is 0 Å². The molecule has 1 aromatic rings. The van der Waals surface area contributed by atoms with Crippen LogP contribution in [0.5, 0.6) is 5.75 Å². The Kier molecular flexibility index (Phi) is 5.20. The van der Waals surface area contributed by atoms with Crippen molar-refractivity contribution < 1.29 is 19.1 Å². The monoisotopic (exact) mass is 358 g/mol. The van der Waals surface area contributed by atoms with Gasteiger partial charge in [0, 0.05) is 38.7 Å². The van der Waals surface area contributed by atoms with Crippen molar-refractivity contribution in [1.82, 2.24) is 9.80 Å². The molecule has 3 rings (SSSR count). The van der Waals surface area contributed by atoms with Gasteiger partial charge in [-0.05, 0) is 50.1 Å². The van der Waals surface area contributed by atoms with Gasteiger partial charge < -0.3 is 19.3 Å². The molecule has 0 aromatic heterocycles. The molecular weight excluding hydrogens is 332 g/mol. The average molecular weight is 358 g/mol. The zero-order chi connectivity index (χ0) is 18.7. The molecule has 0 atom stereocenters. The summed E-state index contributed by atoms with van der Waals surface area (Å²) in [4.78, 5) is 27.9. The van der Waals surface area contributed by atoms with Crippen LogP contribution in [0.3, 0.4) is 0 Å². The number of hydrogen-bond donors (Lipinski definition) is 0. The van der Waals surface area contributed by atoms with Crippen molar-refractivity contribution in [2.45, 2.75) is 32.8 Å². The van der Waals surface area contributed by atoms with Gasteiger partial charge in [0.15, 0.2) is 0 Å². The van der Waals surface area contributed by atoms with Crippen LogP contribution in [-0.2, 0) is 16.0 Å². The number of piperazine rings is 1. The highest BCUT2D eigenvalue weighted by Gasteiger charge is 2.26. The van der Waals surface area contributed by atoms with Crippen LogP contribution in [0.15, 0.2) is 24.3 Å². The summed E-state index contributed by atoms with van der Waals surface area (Å²) in [6, 6.07) is 5.97. The molecule has 2 amide bonds. The highest BCUT2D eigenvalue weighted by molar-refractivity contribution is 5.92. The molecule has 0 spiro atoms. The Balaban J connectivity index is 1.51. The minimum atomic E-state index is -0.506. The summed E-state index contributed by atoms with van der Waals surface area (Å²) < 4.78 is 10.9.